The van der Waals surface area contributed by atoms with Gasteiger partial charge in [-0.2, -0.15) is 0 Å². The van der Waals surface area contributed by atoms with Crippen LogP contribution < -0.4 is 14.4 Å². The lowest BCUT2D eigenvalue weighted by Gasteiger charge is -2.78. The average Bonchev–Trinajstić information content (AvgIpc) is 3.58. The number of carbonyl (C=O) groups excluding carboxylic acids is 2. The third kappa shape index (κ3) is 1.67. The first-order valence-electron chi connectivity index (χ1n) is 12.1. The molecule has 0 radical (unpaired) electrons. The molecule has 9 aliphatic rings. The van der Waals surface area contributed by atoms with Crippen molar-refractivity contribution in [3.8, 4) is 11.5 Å². The largest absolute Gasteiger partial charge is 0.467 e. The summed E-state index contributed by atoms with van der Waals surface area (Å²) in [6.45, 7) is 0.631. The van der Waals surface area contributed by atoms with E-state index in [1.807, 2.05) is 12.1 Å². The number of nitrogens with zero attached hydrogens (tertiary/aromatic N) is 2. The molecule has 1 aromatic carbocycles. The van der Waals surface area contributed by atoms with E-state index in [0.29, 0.717) is 43.0 Å². The van der Waals surface area contributed by atoms with Crippen LogP contribution in [0.25, 0.3) is 0 Å². The molecular weight excluding hydrogens is 460 g/mol. The molecular formula is C24H26N2O9. The number of methoxy groups -OCH3 is 2. The lowest BCUT2D eigenvalue weighted by molar-refractivity contribution is -0.389. The van der Waals surface area contributed by atoms with Crippen molar-refractivity contribution in [2.75, 3.05) is 32.5 Å². The number of amides is 1. The second-order valence-electron chi connectivity index (χ2n) is 10.8. The van der Waals surface area contributed by atoms with Crippen LogP contribution in [0.2, 0.25) is 0 Å². The van der Waals surface area contributed by atoms with Gasteiger partial charge in [0.1, 0.15) is 17.9 Å². The van der Waals surface area contributed by atoms with E-state index in [1.165, 1.54) is 19.1 Å². The molecule has 2 N–H and O–H groups in total. The van der Waals surface area contributed by atoms with Gasteiger partial charge in [0.25, 0.3) is 0 Å². The summed E-state index contributed by atoms with van der Waals surface area (Å²) >= 11 is 0. The standard InChI is InChI=1S/C24H26N2O9/c1-31-19(28)24(30)18-21-5-6-23(24)22(7-8-25(17(21)22)14(35-18)9-13(21)27)11-3-4-12-16(34-10-33-12)15(11)26(23)20(29)32-2/h3-4,13-14,17-18,27,30H,5-10H2,1-2H3/t13-,14-,17-,18+,21+,22+,23-,24+/m0/s1. The number of hydrogen-bond acceptors (Lipinski definition) is 10. The Morgan fingerprint density at radius 2 is 1.97 bits per heavy atom. The number of piperidine rings is 1. The highest BCUT2D eigenvalue weighted by molar-refractivity contribution is 6.02. The van der Waals surface area contributed by atoms with E-state index in [0.717, 1.165) is 5.56 Å². The summed E-state index contributed by atoms with van der Waals surface area (Å²) in [4.78, 5) is 31.1. The quantitative estimate of drug-likeness (QED) is 0.533. The van der Waals surface area contributed by atoms with Crippen molar-refractivity contribution in [1.82, 2.24) is 4.90 Å². The number of anilines is 1. The van der Waals surface area contributed by atoms with Gasteiger partial charge in [-0.3, -0.25) is 9.80 Å². The maximum Gasteiger partial charge on any atom is 0.414 e. The highest BCUT2D eigenvalue weighted by Crippen LogP contribution is 2.80. The minimum absolute atomic E-state index is 0.00587. The van der Waals surface area contributed by atoms with E-state index in [1.54, 1.807) is 0 Å². The molecule has 5 bridgehead atoms. The van der Waals surface area contributed by atoms with Crippen molar-refractivity contribution < 1.29 is 43.5 Å². The Bertz CT molecular complexity index is 1220. The Balaban J connectivity index is 1.54. The first-order chi connectivity index (χ1) is 16.8. The number of fused-ring (bicyclic) bond motifs is 5. The molecule has 10 rings (SSSR count). The number of hydrogen-bond donors (Lipinski definition) is 2. The summed E-state index contributed by atoms with van der Waals surface area (Å²) in [5.41, 5.74) is -4.29. The number of carbonyl (C=O) groups is 2. The highest BCUT2D eigenvalue weighted by Gasteiger charge is 2.93. The van der Waals surface area contributed by atoms with Gasteiger partial charge in [0.05, 0.1) is 26.0 Å². The second-order valence-corrected chi connectivity index (χ2v) is 10.8. The van der Waals surface area contributed by atoms with Gasteiger partial charge < -0.3 is 33.9 Å². The van der Waals surface area contributed by atoms with E-state index in [-0.39, 0.29) is 19.3 Å². The molecule has 0 unspecified atom stereocenters. The van der Waals surface area contributed by atoms with Crippen molar-refractivity contribution in [3.05, 3.63) is 17.7 Å². The zero-order valence-corrected chi connectivity index (χ0v) is 19.4. The molecule has 0 aromatic heterocycles. The molecule has 3 saturated carbocycles. The van der Waals surface area contributed by atoms with Gasteiger partial charge in [0, 0.05) is 29.8 Å². The van der Waals surface area contributed by atoms with Crippen LogP contribution in [0.15, 0.2) is 12.1 Å². The summed E-state index contributed by atoms with van der Waals surface area (Å²) in [7, 11) is 2.50. The number of aliphatic hydroxyl groups excluding tert-OH is 1. The van der Waals surface area contributed by atoms with Crippen LogP contribution in [0.4, 0.5) is 10.5 Å². The van der Waals surface area contributed by atoms with Crippen molar-refractivity contribution >= 4 is 17.7 Å². The monoisotopic (exact) mass is 486 g/mol. The fourth-order valence-electron chi connectivity index (χ4n) is 9.61. The maximum absolute atomic E-state index is 13.7. The summed E-state index contributed by atoms with van der Waals surface area (Å²) in [5.74, 6) is -0.0130. The molecule has 6 aliphatic heterocycles. The molecule has 6 heterocycles. The Morgan fingerprint density at radius 1 is 1.14 bits per heavy atom. The van der Waals surface area contributed by atoms with Crippen LogP contribution in [0, 0.1) is 5.41 Å². The molecule has 8 atom stereocenters. The molecule has 3 spiro atoms. The topological polar surface area (TPSA) is 127 Å². The first kappa shape index (κ1) is 20.6. The number of rotatable bonds is 1. The van der Waals surface area contributed by atoms with E-state index < -0.39 is 52.5 Å². The molecule has 7 fully saturated rings. The van der Waals surface area contributed by atoms with Crippen LogP contribution in [-0.4, -0.2) is 90.4 Å². The van der Waals surface area contributed by atoms with Crippen molar-refractivity contribution in [3.63, 3.8) is 0 Å². The van der Waals surface area contributed by atoms with Crippen LogP contribution in [0.3, 0.4) is 0 Å². The maximum atomic E-state index is 13.7. The van der Waals surface area contributed by atoms with Crippen LogP contribution in [-0.2, 0) is 24.4 Å². The predicted molar refractivity (Wildman–Crippen MR) is 115 cm³/mol. The number of ether oxygens (including phenoxy) is 5. The van der Waals surface area contributed by atoms with E-state index >= 15 is 0 Å². The number of benzene rings is 1. The summed E-state index contributed by atoms with van der Waals surface area (Å²) in [5, 5.41) is 24.3. The second kappa shape index (κ2) is 5.86. The Hall–Kier alpha value is -2.60. The number of aliphatic hydroxyl groups is 2. The third-order valence-electron chi connectivity index (χ3n) is 10.4. The van der Waals surface area contributed by atoms with E-state index in [4.69, 9.17) is 23.7 Å². The van der Waals surface area contributed by atoms with Crippen molar-refractivity contribution in [2.45, 2.75) is 66.7 Å². The minimum Gasteiger partial charge on any atom is -0.467 e. The van der Waals surface area contributed by atoms with E-state index in [9.17, 15) is 19.8 Å². The van der Waals surface area contributed by atoms with Gasteiger partial charge >= 0.3 is 12.1 Å². The third-order valence-corrected chi connectivity index (χ3v) is 10.4. The van der Waals surface area contributed by atoms with Gasteiger partial charge in [-0.25, -0.2) is 9.59 Å². The Labute approximate surface area is 200 Å². The molecule has 3 aliphatic carbocycles. The average molecular weight is 486 g/mol. The Morgan fingerprint density at radius 3 is 2.74 bits per heavy atom. The summed E-state index contributed by atoms with van der Waals surface area (Å²) < 4.78 is 28.5. The van der Waals surface area contributed by atoms with Gasteiger partial charge in [-0.15, -0.1) is 0 Å². The number of esters is 1. The molecule has 11 nitrogen and oxygen atoms in total. The predicted octanol–water partition coefficient (Wildman–Crippen LogP) is 0.240. The minimum atomic E-state index is -2.26. The van der Waals surface area contributed by atoms with Crippen molar-refractivity contribution in [1.29, 1.82) is 0 Å². The molecule has 11 heteroatoms. The Kier molecular flexibility index (Phi) is 3.44. The van der Waals surface area contributed by atoms with Gasteiger partial charge in [-0.05, 0) is 30.9 Å². The van der Waals surface area contributed by atoms with E-state index in [2.05, 4.69) is 4.90 Å². The molecule has 35 heavy (non-hydrogen) atoms. The molecule has 4 saturated heterocycles. The summed E-state index contributed by atoms with van der Waals surface area (Å²) in [6, 6.07) is 3.47. The zero-order chi connectivity index (χ0) is 24.1. The molecule has 186 valence electrons. The van der Waals surface area contributed by atoms with Crippen molar-refractivity contribution in [2.24, 2.45) is 5.41 Å². The smallest absolute Gasteiger partial charge is 0.414 e. The van der Waals surface area contributed by atoms with Crippen LogP contribution >= 0.6 is 0 Å². The zero-order valence-electron chi connectivity index (χ0n) is 19.4. The first-order valence-corrected chi connectivity index (χ1v) is 12.1. The SMILES string of the molecule is COC(=O)N1c2c(ccc3c2OCO3)[C@@]23CCN4[C@@H]5C[C@H](O)[C@]6(CC[C@]12[C@](O)(C(=O)OC)[C@@H]6O5)[C@H]43. The normalized spacial score (nSPS) is 47.0. The fraction of sp³-hybridized carbons (Fsp3) is 0.667. The lowest BCUT2D eigenvalue weighted by Crippen LogP contribution is -2.95. The van der Waals surface area contributed by atoms with Crippen LogP contribution in [0.1, 0.15) is 31.2 Å². The van der Waals surface area contributed by atoms with Gasteiger partial charge in [0.15, 0.2) is 11.5 Å². The summed E-state index contributed by atoms with van der Waals surface area (Å²) in [6.07, 6.45) is -1.31. The molecule has 1 aromatic rings. The molecule has 1 amide bonds. The fourth-order valence-corrected chi connectivity index (χ4v) is 9.61. The highest BCUT2D eigenvalue weighted by atomic mass is 16.7. The van der Waals surface area contributed by atoms with Crippen LogP contribution in [0.5, 0.6) is 11.5 Å². The van der Waals surface area contributed by atoms with Gasteiger partial charge in [-0.1, -0.05) is 6.07 Å². The lowest BCUT2D eigenvalue weighted by atomic mass is 9.35. The van der Waals surface area contributed by atoms with Gasteiger partial charge in [0.2, 0.25) is 12.4 Å².